The predicted molar refractivity (Wildman–Crippen MR) is 104 cm³/mol. The summed E-state index contributed by atoms with van der Waals surface area (Å²) in [7, 11) is 0. The van der Waals surface area contributed by atoms with E-state index in [-0.39, 0.29) is 18.1 Å². The van der Waals surface area contributed by atoms with Crippen LogP contribution in [0, 0.1) is 0 Å². The second-order valence-corrected chi connectivity index (χ2v) is 7.04. The lowest BCUT2D eigenvalue weighted by Gasteiger charge is -2.56. The molecule has 5 heterocycles. The van der Waals surface area contributed by atoms with Crippen LogP contribution in [0.4, 0.5) is 16.3 Å². The molecule has 0 radical (unpaired) electrons. The molecule has 3 aromatic rings. The first kappa shape index (κ1) is 16.8. The molecule has 9 heteroatoms. The minimum atomic E-state index is -0.0738. The SMILES string of the molecule is CCOc1ccccc1NC(=O)N1C2CC1CN(c1ccc3nncn3n1)C2. The van der Waals surface area contributed by atoms with E-state index in [1.807, 2.05) is 48.2 Å². The quantitative estimate of drug-likeness (QED) is 0.746. The van der Waals surface area contributed by atoms with Crippen molar-refractivity contribution in [1.82, 2.24) is 24.7 Å². The molecular formula is C19H21N7O2. The normalized spacial score (nSPS) is 20.8. The number of nitrogens with zero attached hydrogens (tertiary/aromatic N) is 6. The van der Waals surface area contributed by atoms with Crippen molar-refractivity contribution >= 4 is 23.2 Å². The summed E-state index contributed by atoms with van der Waals surface area (Å²) < 4.78 is 7.28. The maximum absolute atomic E-state index is 12.9. The second kappa shape index (κ2) is 6.66. The summed E-state index contributed by atoms with van der Waals surface area (Å²) in [5.74, 6) is 1.57. The molecule has 1 aromatic carbocycles. The van der Waals surface area contributed by atoms with E-state index < -0.39 is 0 Å². The highest BCUT2D eigenvalue weighted by Gasteiger charge is 2.47. The number of carbonyl (C=O) groups is 1. The number of piperidine rings is 1. The Labute approximate surface area is 161 Å². The van der Waals surface area contributed by atoms with Crippen molar-refractivity contribution in [2.75, 3.05) is 29.9 Å². The van der Waals surface area contributed by atoms with E-state index in [1.165, 1.54) is 0 Å². The minimum absolute atomic E-state index is 0.0738. The van der Waals surface area contributed by atoms with Crippen LogP contribution in [0.2, 0.25) is 0 Å². The Morgan fingerprint density at radius 1 is 1.21 bits per heavy atom. The maximum Gasteiger partial charge on any atom is 0.322 e. The van der Waals surface area contributed by atoms with Crippen molar-refractivity contribution < 1.29 is 9.53 Å². The fourth-order valence-corrected chi connectivity index (χ4v) is 4.05. The molecule has 0 aliphatic carbocycles. The average Bonchev–Trinajstić information content (AvgIpc) is 3.17. The van der Waals surface area contributed by atoms with E-state index in [1.54, 1.807) is 10.8 Å². The fraction of sp³-hybridized carbons (Fsp3) is 0.368. The lowest BCUT2D eigenvalue weighted by molar-refractivity contribution is 0.0435. The molecule has 144 valence electrons. The van der Waals surface area contributed by atoms with Crippen molar-refractivity contribution in [3.05, 3.63) is 42.7 Å². The molecule has 2 unspecified atom stereocenters. The number of amides is 2. The van der Waals surface area contributed by atoms with Crippen molar-refractivity contribution in [3.8, 4) is 5.75 Å². The lowest BCUT2D eigenvalue weighted by atomic mass is 9.88. The first-order valence-corrected chi connectivity index (χ1v) is 9.46. The van der Waals surface area contributed by atoms with Crippen molar-refractivity contribution in [3.63, 3.8) is 0 Å². The molecule has 3 saturated heterocycles. The molecule has 3 aliphatic heterocycles. The van der Waals surface area contributed by atoms with Gasteiger partial charge in [0.25, 0.3) is 0 Å². The zero-order valence-electron chi connectivity index (χ0n) is 15.5. The minimum Gasteiger partial charge on any atom is -0.492 e. The molecule has 3 aliphatic rings. The number of hydrogen-bond donors (Lipinski definition) is 1. The molecule has 2 amide bonds. The Balaban J connectivity index is 1.28. The van der Waals surface area contributed by atoms with E-state index in [9.17, 15) is 4.79 Å². The van der Waals surface area contributed by atoms with Crippen LogP contribution in [-0.4, -0.2) is 62.5 Å². The van der Waals surface area contributed by atoms with Crippen molar-refractivity contribution in [1.29, 1.82) is 0 Å². The van der Waals surface area contributed by atoms with Gasteiger partial charge in [0.15, 0.2) is 5.65 Å². The molecule has 0 saturated carbocycles. The van der Waals surface area contributed by atoms with Crippen molar-refractivity contribution in [2.45, 2.75) is 25.4 Å². The molecule has 0 spiro atoms. The molecule has 1 N–H and O–H groups in total. The Bertz CT molecular complexity index is 1010. The monoisotopic (exact) mass is 379 g/mol. The number of para-hydroxylation sites is 2. The van der Waals surface area contributed by atoms with Crippen LogP contribution in [0.3, 0.4) is 0 Å². The van der Waals surface area contributed by atoms with Gasteiger partial charge in [-0.1, -0.05) is 12.1 Å². The number of hydrogen-bond acceptors (Lipinski definition) is 6. The summed E-state index contributed by atoms with van der Waals surface area (Å²) in [6, 6.07) is 11.7. The highest BCUT2D eigenvalue weighted by Crippen LogP contribution is 2.35. The van der Waals surface area contributed by atoms with Crippen LogP contribution in [0.15, 0.2) is 42.7 Å². The Morgan fingerprint density at radius 2 is 2.04 bits per heavy atom. The standard InChI is InChI=1S/C19H21N7O2/c1-2-28-16-6-4-3-5-15(16)21-19(27)26-13-9-14(26)11-24(10-13)18-8-7-17-22-20-12-25(17)23-18/h3-8,12-14H,2,9-11H2,1H3,(H,21,27). The predicted octanol–water partition coefficient (Wildman–Crippen LogP) is 2.02. The lowest BCUT2D eigenvalue weighted by Crippen LogP contribution is -2.71. The third-order valence-electron chi connectivity index (χ3n) is 5.33. The van der Waals surface area contributed by atoms with Gasteiger partial charge in [-0.3, -0.25) is 0 Å². The third kappa shape index (κ3) is 2.79. The van der Waals surface area contributed by atoms with Gasteiger partial charge in [0.2, 0.25) is 0 Å². The van der Waals surface area contributed by atoms with Gasteiger partial charge in [-0.15, -0.1) is 15.3 Å². The van der Waals surface area contributed by atoms with E-state index in [2.05, 4.69) is 25.5 Å². The van der Waals surface area contributed by atoms with Gasteiger partial charge in [0.1, 0.15) is 17.9 Å². The number of fused-ring (bicyclic) bond motifs is 3. The zero-order chi connectivity index (χ0) is 19.1. The number of nitrogens with one attached hydrogen (secondary N) is 1. The van der Waals surface area contributed by atoms with Gasteiger partial charge in [0, 0.05) is 13.1 Å². The highest BCUT2D eigenvalue weighted by molar-refractivity contribution is 5.92. The summed E-state index contributed by atoms with van der Waals surface area (Å²) >= 11 is 0. The molecule has 9 nitrogen and oxygen atoms in total. The smallest absolute Gasteiger partial charge is 0.322 e. The van der Waals surface area contributed by atoms with E-state index in [0.717, 1.165) is 31.0 Å². The number of rotatable bonds is 4. The Kier molecular flexibility index (Phi) is 4.00. The summed E-state index contributed by atoms with van der Waals surface area (Å²) in [4.78, 5) is 17.0. The topological polar surface area (TPSA) is 87.9 Å². The average molecular weight is 379 g/mol. The van der Waals surface area contributed by atoms with Crippen LogP contribution < -0.4 is 15.0 Å². The number of aromatic nitrogens is 4. The largest absolute Gasteiger partial charge is 0.492 e. The number of piperazine rings is 1. The molecule has 6 rings (SSSR count). The Morgan fingerprint density at radius 3 is 2.86 bits per heavy atom. The number of benzene rings is 1. The summed E-state index contributed by atoms with van der Waals surface area (Å²) in [6.07, 6.45) is 2.62. The summed E-state index contributed by atoms with van der Waals surface area (Å²) in [5.41, 5.74) is 1.43. The highest BCUT2D eigenvalue weighted by atomic mass is 16.5. The van der Waals surface area contributed by atoms with E-state index in [4.69, 9.17) is 4.74 Å². The molecule has 2 atom stereocenters. The maximum atomic E-state index is 12.9. The zero-order valence-corrected chi connectivity index (χ0v) is 15.5. The van der Waals surface area contributed by atoms with E-state index >= 15 is 0 Å². The van der Waals surface area contributed by atoms with Gasteiger partial charge in [-0.2, -0.15) is 4.52 Å². The fourth-order valence-electron chi connectivity index (χ4n) is 4.05. The summed E-state index contributed by atoms with van der Waals surface area (Å²) in [6.45, 7) is 4.01. The molecule has 2 bridgehead atoms. The van der Waals surface area contributed by atoms with Crippen LogP contribution in [0.25, 0.3) is 5.65 Å². The van der Waals surface area contributed by atoms with Gasteiger partial charge in [-0.05, 0) is 37.6 Å². The van der Waals surface area contributed by atoms with Gasteiger partial charge in [-0.25, -0.2) is 4.79 Å². The van der Waals surface area contributed by atoms with E-state index in [0.29, 0.717) is 18.0 Å². The van der Waals surface area contributed by atoms with Crippen LogP contribution in [-0.2, 0) is 0 Å². The molecule has 28 heavy (non-hydrogen) atoms. The third-order valence-corrected chi connectivity index (χ3v) is 5.33. The van der Waals surface area contributed by atoms with Gasteiger partial charge < -0.3 is 19.9 Å². The summed E-state index contributed by atoms with van der Waals surface area (Å²) in [5, 5.41) is 15.4. The van der Waals surface area contributed by atoms with Gasteiger partial charge in [0.05, 0.1) is 24.4 Å². The molecular weight excluding hydrogens is 358 g/mol. The van der Waals surface area contributed by atoms with Crippen LogP contribution in [0.1, 0.15) is 13.3 Å². The second-order valence-electron chi connectivity index (χ2n) is 7.04. The number of urea groups is 1. The number of ether oxygens (including phenoxy) is 1. The first-order valence-electron chi connectivity index (χ1n) is 9.46. The Hall–Kier alpha value is -3.36. The van der Waals surface area contributed by atoms with Crippen LogP contribution >= 0.6 is 0 Å². The molecule has 3 fully saturated rings. The van der Waals surface area contributed by atoms with Crippen molar-refractivity contribution in [2.24, 2.45) is 0 Å². The molecule has 2 aromatic heterocycles. The van der Waals surface area contributed by atoms with Crippen LogP contribution in [0.5, 0.6) is 5.75 Å². The first-order chi connectivity index (χ1) is 13.7. The number of anilines is 2. The number of carbonyl (C=O) groups excluding carboxylic acids is 1. The van der Waals surface area contributed by atoms with Gasteiger partial charge >= 0.3 is 6.03 Å².